The van der Waals surface area contributed by atoms with E-state index in [9.17, 15) is 0 Å². The summed E-state index contributed by atoms with van der Waals surface area (Å²) in [6.45, 7) is 6.14. The molecule has 0 radical (unpaired) electrons. The van der Waals surface area contributed by atoms with Crippen molar-refractivity contribution in [1.82, 2.24) is 5.43 Å². The highest BCUT2D eigenvalue weighted by molar-refractivity contribution is 6.02. The first-order valence-electron chi connectivity index (χ1n) is 8.31. The number of hydrogen-bond acceptors (Lipinski definition) is 4. The number of nitrogens with one attached hydrogen (secondary N) is 1. The van der Waals surface area contributed by atoms with Gasteiger partial charge in [-0.15, -0.1) is 0 Å². The number of oxime groups is 1. The molecule has 0 fully saturated rings. The summed E-state index contributed by atoms with van der Waals surface area (Å²) in [6.07, 6.45) is 1.52. The van der Waals surface area contributed by atoms with Crippen molar-refractivity contribution < 1.29 is 4.84 Å². The number of hydrogen-bond donors (Lipinski definition) is 1. The second kappa shape index (κ2) is 6.87. The van der Waals surface area contributed by atoms with E-state index in [2.05, 4.69) is 65.9 Å². The molecule has 4 nitrogen and oxygen atoms in total. The second-order valence-corrected chi connectivity index (χ2v) is 6.29. The summed E-state index contributed by atoms with van der Waals surface area (Å²) in [7, 11) is 0. The van der Waals surface area contributed by atoms with Crippen molar-refractivity contribution in [3.8, 4) is 0 Å². The Kier molecular flexibility index (Phi) is 4.65. The van der Waals surface area contributed by atoms with Gasteiger partial charge in [0, 0.05) is 0 Å². The molecule has 24 heavy (non-hydrogen) atoms. The first-order valence-corrected chi connectivity index (χ1v) is 8.31. The number of benzene rings is 2. The van der Waals surface area contributed by atoms with Crippen LogP contribution in [-0.2, 0) is 4.84 Å². The Morgan fingerprint density at radius 2 is 1.88 bits per heavy atom. The smallest absolute Gasteiger partial charge is 0.224 e. The maximum absolute atomic E-state index is 5.64. The van der Waals surface area contributed by atoms with E-state index in [1.807, 2.05) is 25.1 Å². The molecule has 1 heterocycles. The van der Waals surface area contributed by atoms with Gasteiger partial charge in [-0.3, -0.25) is 5.43 Å². The van der Waals surface area contributed by atoms with E-state index < -0.39 is 5.72 Å². The molecule has 1 aliphatic rings. The summed E-state index contributed by atoms with van der Waals surface area (Å²) in [4.78, 5) is 5.64. The lowest BCUT2D eigenvalue weighted by Crippen LogP contribution is -2.39. The predicted octanol–water partition coefficient (Wildman–Crippen LogP) is 4.24. The number of rotatable bonds is 5. The highest BCUT2D eigenvalue weighted by Gasteiger charge is 2.34. The Morgan fingerprint density at radius 1 is 1.17 bits per heavy atom. The fraction of sp³-hybridized carbons (Fsp3) is 0.300. The molecule has 0 amide bonds. The van der Waals surface area contributed by atoms with Gasteiger partial charge < -0.3 is 4.84 Å². The summed E-state index contributed by atoms with van der Waals surface area (Å²) < 4.78 is 0. The minimum Gasteiger partial charge on any atom is -0.366 e. The third kappa shape index (κ3) is 3.65. The van der Waals surface area contributed by atoms with Crippen molar-refractivity contribution >= 4 is 11.4 Å². The molecule has 1 aliphatic heterocycles. The maximum atomic E-state index is 5.64. The summed E-state index contributed by atoms with van der Waals surface area (Å²) >= 11 is 0. The minimum absolute atomic E-state index is 0.616. The van der Waals surface area contributed by atoms with Crippen LogP contribution in [0.5, 0.6) is 0 Å². The van der Waals surface area contributed by atoms with Crippen molar-refractivity contribution in [3.05, 3.63) is 71.3 Å². The Bertz CT molecular complexity index is 750. The van der Waals surface area contributed by atoms with Gasteiger partial charge in [0.05, 0.1) is 17.8 Å². The van der Waals surface area contributed by atoms with Crippen molar-refractivity contribution in [2.75, 3.05) is 0 Å². The number of aryl methyl sites for hydroxylation is 1. The van der Waals surface area contributed by atoms with Crippen LogP contribution in [0.3, 0.4) is 0 Å². The quantitative estimate of drug-likeness (QED) is 0.661. The second-order valence-electron chi connectivity index (χ2n) is 6.29. The molecule has 0 saturated heterocycles. The van der Waals surface area contributed by atoms with Crippen LogP contribution in [-0.4, -0.2) is 17.1 Å². The molecule has 0 aliphatic carbocycles. The monoisotopic (exact) mass is 321 g/mol. The average molecular weight is 321 g/mol. The molecule has 0 saturated carbocycles. The summed E-state index contributed by atoms with van der Waals surface area (Å²) in [6, 6.07) is 18.5. The van der Waals surface area contributed by atoms with E-state index in [0.717, 1.165) is 29.0 Å². The van der Waals surface area contributed by atoms with Crippen LogP contribution >= 0.6 is 0 Å². The fourth-order valence-corrected chi connectivity index (χ4v) is 2.66. The average Bonchev–Trinajstić information content (AvgIpc) is 3.00. The van der Waals surface area contributed by atoms with Crippen molar-refractivity contribution in [3.63, 3.8) is 0 Å². The van der Waals surface area contributed by atoms with E-state index in [1.165, 1.54) is 5.56 Å². The molecule has 1 N–H and O–H groups in total. The molecule has 1 atom stereocenters. The molecule has 124 valence electrons. The van der Waals surface area contributed by atoms with Crippen molar-refractivity contribution in [2.24, 2.45) is 10.3 Å². The zero-order valence-electron chi connectivity index (χ0n) is 14.4. The van der Waals surface area contributed by atoms with Gasteiger partial charge in [-0.2, -0.15) is 5.10 Å². The zero-order valence-corrected chi connectivity index (χ0v) is 14.4. The van der Waals surface area contributed by atoms with Gasteiger partial charge in [0.15, 0.2) is 0 Å². The summed E-state index contributed by atoms with van der Waals surface area (Å²) in [5.74, 6) is 0. The molecule has 3 rings (SSSR count). The van der Waals surface area contributed by atoms with E-state index in [4.69, 9.17) is 4.84 Å². The Labute approximate surface area is 143 Å². The number of hydrazone groups is 1. The van der Waals surface area contributed by atoms with Crippen LogP contribution in [0.25, 0.3) is 0 Å². The third-order valence-electron chi connectivity index (χ3n) is 4.12. The van der Waals surface area contributed by atoms with E-state index in [-0.39, 0.29) is 0 Å². The maximum Gasteiger partial charge on any atom is 0.224 e. The van der Waals surface area contributed by atoms with Gasteiger partial charge in [-0.25, -0.2) is 0 Å². The number of nitrogens with zero attached hydrogens (tertiary/aromatic N) is 2. The molecule has 0 bridgehead atoms. The Balaban J connectivity index is 1.70. The van der Waals surface area contributed by atoms with Crippen LogP contribution in [0.2, 0.25) is 0 Å². The molecule has 4 heteroatoms. The zero-order chi connectivity index (χ0) is 17.0. The highest BCUT2D eigenvalue weighted by atomic mass is 16.7. The van der Waals surface area contributed by atoms with E-state index in [1.54, 1.807) is 0 Å². The van der Waals surface area contributed by atoms with Gasteiger partial charge >= 0.3 is 0 Å². The lowest BCUT2D eigenvalue weighted by molar-refractivity contribution is -0.0299. The van der Waals surface area contributed by atoms with Gasteiger partial charge in [0.1, 0.15) is 0 Å². The first-order chi connectivity index (χ1) is 11.6. The summed E-state index contributed by atoms with van der Waals surface area (Å²) in [5.41, 5.74) is 7.95. The van der Waals surface area contributed by atoms with Crippen molar-refractivity contribution in [2.45, 2.75) is 39.3 Å². The van der Waals surface area contributed by atoms with Gasteiger partial charge in [0.2, 0.25) is 5.72 Å². The predicted molar refractivity (Wildman–Crippen MR) is 98.2 cm³/mol. The molecular formula is C20H23N3O. The summed E-state index contributed by atoms with van der Waals surface area (Å²) in [5, 5.41) is 8.83. The SMILES string of the molecule is CC/C(=N/NC1(C)CC(c2ccc(C)cc2)=NO1)c1ccccc1. The fourth-order valence-electron chi connectivity index (χ4n) is 2.66. The largest absolute Gasteiger partial charge is 0.366 e. The molecule has 1 unspecified atom stereocenters. The highest BCUT2D eigenvalue weighted by Crippen LogP contribution is 2.24. The molecule has 2 aromatic rings. The van der Waals surface area contributed by atoms with Crippen LogP contribution in [0.15, 0.2) is 64.9 Å². The molecular weight excluding hydrogens is 298 g/mol. The van der Waals surface area contributed by atoms with E-state index in [0.29, 0.717) is 6.42 Å². The molecule has 2 aromatic carbocycles. The standard InChI is InChI=1S/C20H23N3O/c1-4-18(16-8-6-5-7-9-16)21-23-20(3)14-19(22-24-20)17-12-10-15(2)11-13-17/h5-13,23H,4,14H2,1-3H3/b21-18-. The molecule has 0 spiro atoms. The third-order valence-corrected chi connectivity index (χ3v) is 4.12. The van der Waals surface area contributed by atoms with Crippen molar-refractivity contribution in [1.29, 1.82) is 0 Å². The lowest BCUT2D eigenvalue weighted by atomic mass is 10.0. The Hall–Kier alpha value is -2.62. The van der Waals surface area contributed by atoms with Gasteiger partial charge in [0.25, 0.3) is 0 Å². The topological polar surface area (TPSA) is 46.0 Å². The van der Waals surface area contributed by atoms with Crippen LogP contribution in [0.4, 0.5) is 0 Å². The van der Waals surface area contributed by atoms with Crippen LogP contribution in [0, 0.1) is 6.92 Å². The van der Waals surface area contributed by atoms with Gasteiger partial charge in [-0.05, 0) is 31.4 Å². The first kappa shape index (κ1) is 16.2. The van der Waals surface area contributed by atoms with Crippen LogP contribution in [0.1, 0.15) is 43.4 Å². The molecule has 0 aromatic heterocycles. The Morgan fingerprint density at radius 3 is 2.54 bits per heavy atom. The van der Waals surface area contributed by atoms with E-state index >= 15 is 0 Å². The van der Waals surface area contributed by atoms with Gasteiger partial charge in [-0.1, -0.05) is 72.2 Å². The minimum atomic E-state index is -0.616. The van der Waals surface area contributed by atoms with Crippen LogP contribution < -0.4 is 5.43 Å². The normalized spacial score (nSPS) is 20.5. The lowest BCUT2D eigenvalue weighted by Gasteiger charge is -2.21.